The molecular formula is C8H4IN2O2-. The molecule has 2 aromatic rings. The van der Waals surface area contributed by atoms with E-state index in [2.05, 4.69) is 27.6 Å². The number of rotatable bonds is 1. The van der Waals surface area contributed by atoms with E-state index in [1.807, 2.05) is 6.07 Å². The predicted octanol–water partition coefficient (Wildman–Crippen LogP) is 0.302. The Labute approximate surface area is 87.4 Å². The first kappa shape index (κ1) is 8.49. The molecule has 0 bridgehead atoms. The van der Waals surface area contributed by atoms with Crippen molar-refractivity contribution in [2.75, 3.05) is 0 Å². The number of carboxylic acids is 1. The molecule has 0 atom stereocenters. The van der Waals surface area contributed by atoms with Gasteiger partial charge in [0.05, 0.1) is 5.97 Å². The minimum Gasteiger partial charge on any atom is -0.543 e. The molecular weight excluding hydrogens is 283 g/mol. The fraction of sp³-hybridized carbons (Fsp3) is 0. The minimum atomic E-state index is -1.25. The van der Waals surface area contributed by atoms with Crippen molar-refractivity contribution in [3.05, 3.63) is 33.8 Å². The minimum absolute atomic E-state index is 0.0398. The summed E-state index contributed by atoms with van der Waals surface area (Å²) in [6, 6.07) is 3.62. The van der Waals surface area contributed by atoms with Gasteiger partial charge < -0.3 is 14.3 Å². The number of hydrogen-bond acceptors (Lipinski definition) is 3. The lowest BCUT2D eigenvalue weighted by Gasteiger charge is -1.91. The monoisotopic (exact) mass is 287 g/mol. The molecule has 0 saturated heterocycles. The Bertz CT molecular complexity index is 478. The summed E-state index contributed by atoms with van der Waals surface area (Å²) in [6.45, 7) is 0. The average molecular weight is 287 g/mol. The molecule has 0 spiro atoms. The SMILES string of the molecule is O=C([O-])c1cn2cc(I)ccc2n1. The molecule has 2 aromatic heterocycles. The van der Waals surface area contributed by atoms with Crippen molar-refractivity contribution in [1.29, 1.82) is 0 Å². The van der Waals surface area contributed by atoms with Crippen LogP contribution in [0, 0.1) is 3.57 Å². The van der Waals surface area contributed by atoms with Crippen molar-refractivity contribution in [3.63, 3.8) is 0 Å². The predicted molar refractivity (Wildman–Crippen MR) is 52.2 cm³/mol. The molecule has 0 N–H and O–H groups in total. The average Bonchev–Trinajstić information content (AvgIpc) is 2.46. The molecule has 0 radical (unpaired) electrons. The number of carbonyl (C=O) groups is 1. The number of aromatic carboxylic acids is 1. The molecule has 0 aliphatic carbocycles. The van der Waals surface area contributed by atoms with Crippen LogP contribution in [-0.4, -0.2) is 15.4 Å². The van der Waals surface area contributed by atoms with Gasteiger partial charge in [0.2, 0.25) is 0 Å². The Morgan fingerprint density at radius 3 is 2.92 bits per heavy atom. The van der Waals surface area contributed by atoms with Crippen molar-refractivity contribution in [3.8, 4) is 0 Å². The maximum Gasteiger partial charge on any atom is 0.137 e. The number of hydrogen-bond donors (Lipinski definition) is 0. The van der Waals surface area contributed by atoms with Crippen LogP contribution in [0.25, 0.3) is 5.65 Å². The van der Waals surface area contributed by atoms with Gasteiger partial charge in [0.15, 0.2) is 0 Å². The van der Waals surface area contributed by atoms with Gasteiger partial charge in [-0.2, -0.15) is 0 Å². The first-order chi connectivity index (χ1) is 6.16. The largest absolute Gasteiger partial charge is 0.543 e. The lowest BCUT2D eigenvalue weighted by atomic mass is 10.5. The van der Waals surface area contributed by atoms with Gasteiger partial charge in [0.25, 0.3) is 0 Å². The van der Waals surface area contributed by atoms with E-state index < -0.39 is 5.97 Å². The van der Waals surface area contributed by atoms with E-state index in [1.54, 1.807) is 16.7 Å². The molecule has 4 nitrogen and oxygen atoms in total. The summed E-state index contributed by atoms with van der Waals surface area (Å²) in [5.41, 5.74) is 0.571. The number of nitrogens with zero attached hydrogens (tertiary/aromatic N) is 2. The highest BCUT2D eigenvalue weighted by Gasteiger charge is 2.01. The summed E-state index contributed by atoms with van der Waals surface area (Å²) in [7, 11) is 0. The molecule has 0 fully saturated rings. The number of halogens is 1. The molecule has 0 unspecified atom stereocenters. The third-order valence-electron chi connectivity index (χ3n) is 1.62. The maximum atomic E-state index is 10.5. The van der Waals surface area contributed by atoms with E-state index in [9.17, 15) is 9.90 Å². The molecule has 2 heterocycles. The number of pyridine rings is 1. The van der Waals surface area contributed by atoms with Gasteiger partial charge in [-0.15, -0.1) is 0 Å². The van der Waals surface area contributed by atoms with Gasteiger partial charge in [0, 0.05) is 16.0 Å². The zero-order valence-corrected chi connectivity index (χ0v) is 8.56. The molecule has 0 aliphatic rings. The highest BCUT2D eigenvalue weighted by Crippen LogP contribution is 2.08. The van der Waals surface area contributed by atoms with Crippen molar-refractivity contribution in [2.45, 2.75) is 0 Å². The van der Waals surface area contributed by atoms with Crippen molar-refractivity contribution < 1.29 is 9.90 Å². The van der Waals surface area contributed by atoms with Crippen LogP contribution < -0.4 is 5.11 Å². The summed E-state index contributed by atoms with van der Waals surface area (Å²) in [5.74, 6) is -1.25. The summed E-state index contributed by atoms with van der Waals surface area (Å²) in [6.07, 6.45) is 3.24. The van der Waals surface area contributed by atoms with E-state index in [0.717, 1.165) is 3.57 Å². The van der Waals surface area contributed by atoms with E-state index in [4.69, 9.17) is 0 Å². The zero-order valence-electron chi connectivity index (χ0n) is 6.40. The molecule has 66 valence electrons. The van der Waals surface area contributed by atoms with E-state index >= 15 is 0 Å². The van der Waals surface area contributed by atoms with Gasteiger partial charge in [-0.1, -0.05) is 0 Å². The van der Waals surface area contributed by atoms with Crippen LogP contribution in [0.15, 0.2) is 24.5 Å². The van der Waals surface area contributed by atoms with Gasteiger partial charge in [-0.25, -0.2) is 4.98 Å². The zero-order chi connectivity index (χ0) is 9.42. The van der Waals surface area contributed by atoms with Gasteiger partial charge in [-0.05, 0) is 34.7 Å². The van der Waals surface area contributed by atoms with Crippen LogP contribution in [0.2, 0.25) is 0 Å². The van der Waals surface area contributed by atoms with Gasteiger partial charge in [-0.3, -0.25) is 0 Å². The van der Waals surface area contributed by atoms with Crippen LogP contribution in [0.1, 0.15) is 10.5 Å². The molecule has 0 aromatic carbocycles. The lowest BCUT2D eigenvalue weighted by molar-refractivity contribution is -0.255. The highest BCUT2D eigenvalue weighted by atomic mass is 127. The van der Waals surface area contributed by atoms with E-state index in [1.165, 1.54) is 6.20 Å². The Kier molecular flexibility index (Phi) is 1.95. The first-order valence-corrected chi connectivity index (χ1v) is 4.60. The number of carbonyl (C=O) groups excluding carboxylic acids is 1. The van der Waals surface area contributed by atoms with Gasteiger partial charge in [0.1, 0.15) is 11.3 Å². The normalized spacial score (nSPS) is 10.5. The second-order valence-electron chi connectivity index (χ2n) is 2.53. The molecule has 13 heavy (non-hydrogen) atoms. The fourth-order valence-electron chi connectivity index (χ4n) is 1.06. The standard InChI is InChI=1S/C8H5IN2O2/c9-5-1-2-7-10-6(8(12)13)4-11(7)3-5/h1-4H,(H,12,13)/p-1. The second-order valence-corrected chi connectivity index (χ2v) is 3.77. The topological polar surface area (TPSA) is 57.4 Å². The van der Waals surface area contributed by atoms with Crippen LogP contribution in [0.4, 0.5) is 0 Å². The number of imidazole rings is 1. The molecule has 0 amide bonds. The lowest BCUT2D eigenvalue weighted by Crippen LogP contribution is -2.22. The molecule has 0 saturated carbocycles. The van der Waals surface area contributed by atoms with Crippen LogP contribution >= 0.6 is 22.6 Å². The van der Waals surface area contributed by atoms with Gasteiger partial charge >= 0.3 is 0 Å². The maximum absolute atomic E-state index is 10.5. The summed E-state index contributed by atoms with van der Waals surface area (Å²) < 4.78 is 2.68. The third kappa shape index (κ3) is 1.51. The number of carboxylic acid groups (broad SMARTS) is 1. The Balaban J connectivity index is 2.68. The highest BCUT2D eigenvalue weighted by molar-refractivity contribution is 14.1. The van der Waals surface area contributed by atoms with Crippen LogP contribution in [-0.2, 0) is 0 Å². The number of fused-ring (bicyclic) bond motifs is 1. The second kappa shape index (κ2) is 2.99. The summed E-state index contributed by atoms with van der Waals surface area (Å²) >= 11 is 2.14. The number of aromatic nitrogens is 2. The smallest absolute Gasteiger partial charge is 0.137 e. The van der Waals surface area contributed by atoms with E-state index in [0.29, 0.717) is 5.65 Å². The third-order valence-corrected chi connectivity index (χ3v) is 2.26. The quantitative estimate of drug-likeness (QED) is 0.709. The van der Waals surface area contributed by atoms with Crippen molar-refractivity contribution >= 4 is 34.2 Å². The Hall–Kier alpha value is -1.11. The summed E-state index contributed by atoms with van der Waals surface area (Å²) in [4.78, 5) is 14.3. The molecule has 5 heteroatoms. The molecule has 0 aliphatic heterocycles. The first-order valence-electron chi connectivity index (χ1n) is 3.52. The van der Waals surface area contributed by atoms with Crippen molar-refractivity contribution in [2.24, 2.45) is 0 Å². The Morgan fingerprint density at radius 2 is 2.23 bits per heavy atom. The van der Waals surface area contributed by atoms with Crippen LogP contribution in [0.3, 0.4) is 0 Å². The fourth-order valence-corrected chi connectivity index (χ4v) is 1.54. The van der Waals surface area contributed by atoms with E-state index in [-0.39, 0.29) is 5.69 Å². The van der Waals surface area contributed by atoms with Crippen LogP contribution in [0.5, 0.6) is 0 Å². The Morgan fingerprint density at radius 1 is 1.46 bits per heavy atom. The summed E-state index contributed by atoms with van der Waals surface area (Å²) in [5, 5.41) is 10.5. The van der Waals surface area contributed by atoms with Crippen molar-refractivity contribution in [1.82, 2.24) is 9.38 Å². The molecule has 2 rings (SSSR count).